The van der Waals surface area contributed by atoms with Gasteiger partial charge in [-0.25, -0.2) is 13.2 Å². The summed E-state index contributed by atoms with van der Waals surface area (Å²) in [6, 6.07) is 26.3. The molecule has 0 aliphatic carbocycles. The number of carbonyl (C=O) groups excluding carboxylic acids is 1. The Morgan fingerprint density at radius 2 is 1.43 bits per heavy atom. The molecule has 8 nitrogen and oxygen atoms in total. The van der Waals surface area contributed by atoms with Crippen LogP contribution in [0.4, 0.5) is 10.5 Å². The van der Waals surface area contributed by atoms with Gasteiger partial charge in [0.15, 0.2) is 0 Å². The molecule has 0 saturated heterocycles. The summed E-state index contributed by atoms with van der Waals surface area (Å²) in [5.41, 5.74) is 3.84. The fourth-order valence-electron chi connectivity index (χ4n) is 3.96. The van der Waals surface area contributed by atoms with E-state index in [0.717, 1.165) is 16.7 Å². The van der Waals surface area contributed by atoms with Gasteiger partial charge in [-0.3, -0.25) is 4.79 Å². The summed E-state index contributed by atoms with van der Waals surface area (Å²) in [5, 5.41) is 15.1. The predicted octanol–water partition coefficient (Wildman–Crippen LogP) is 5.96. The van der Waals surface area contributed by atoms with Gasteiger partial charge in [0.25, 0.3) is 0 Å². The van der Waals surface area contributed by atoms with E-state index in [1.165, 1.54) is 18.2 Å². The first-order valence-electron chi connectivity index (χ1n) is 12.1. The summed E-state index contributed by atoms with van der Waals surface area (Å²) in [5.74, 6) is -1.35. The van der Waals surface area contributed by atoms with Crippen LogP contribution in [0.2, 0.25) is 10.0 Å². The lowest BCUT2D eigenvalue weighted by Crippen LogP contribution is -2.42. The number of benzene rings is 4. The molecule has 40 heavy (non-hydrogen) atoms. The van der Waals surface area contributed by atoms with Gasteiger partial charge in [0, 0.05) is 12.2 Å². The third-order valence-electron chi connectivity index (χ3n) is 5.93. The molecule has 0 fully saturated rings. The highest BCUT2D eigenvalue weighted by molar-refractivity contribution is 7.89. The molecule has 0 unspecified atom stereocenters. The van der Waals surface area contributed by atoms with E-state index in [9.17, 15) is 23.1 Å². The van der Waals surface area contributed by atoms with Gasteiger partial charge in [0.1, 0.15) is 10.9 Å². The number of carbonyl (C=O) groups is 2. The van der Waals surface area contributed by atoms with Gasteiger partial charge in [0.05, 0.1) is 10.0 Å². The first-order chi connectivity index (χ1) is 19.1. The number of carboxylic acids is 1. The third-order valence-corrected chi connectivity index (χ3v) is 8.35. The molecule has 4 N–H and O–H groups in total. The maximum Gasteiger partial charge on any atom is 0.322 e. The molecule has 0 saturated carbocycles. The van der Waals surface area contributed by atoms with Crippen molar-refractivity contribution in [2.45, 2.75) is 23.9 Å². The van der Waals surface area contributed by atoms with Gasteiger partial charge in [-0.05, 0) is 52.9 Å². The molecule has 4 aromatic carbocycles. The Morgan fingerprint density at radius 3 is 2.08 bits per heavy atom. The molecular formula is C29H25Cl2N3O5S. The zero-order valence-corrected chi connectivity index (χ0v) is 23.3. The Labute approximate surface area is 242 Å². The van der Waals surface area contributed by atoms with E-state index in [0.29, 0.717) is 17.8 Å². The van der Waals surface area contributed by atoms with E-state index in [1.54, 1.807) is 30.3 Å². The highest BCUT2D eigenvalue weighted by Gasteiger charge is 2.29. The van der Waals surface area contributed by atoms with Crippen molar-refractivity contribution in [2.24, 2.45) is 0 Å². The van der Waals surface area contributed by atoms with Crippen molar-refractivity contribution in [2.75, 3.05) is 5.32 Å². The van der Waals surface area contributed by atoms with Crippen molar-refractivity contribution < 1.29 is 23.1 Å². The molecule has 206 valence electrons. The van der Waals surface area contributed by atoms with Gasteiger partial charge >= 0.3 is 12.0 Å². The molecule has 4 rings (SSSR count). The summed E-state index contributed by atoms with van der Waals surface area (Å²) in [4.78, 5) is 23.8. The molecule has 0 radical (unpaired) electrons. The Hall–Kier alpha value is -3.89. The fourth-order valence-corrected chi connectivity index (χ4v) is 6.30. The van der Waals surface area contributed by atoms with Crippen LogP contribution < -0.4 is 15.4 Å². The monoisotopic (exact) mass is 597 g/mol. The van der Waals surface area contributed by atoms with Crippen molar-refractivity contribution >= 4 is 50.9 Å². The molecule has 11 heteroatoms. The second kappa shape index (κ2) is 13.0. The molecule has 4 aromatic rings. The van der Waals surface area contributed by atoms with Crippen LogP contribution in [0.1, 0.15) is 11.1 Å². The minimum absolute atomic E-state index is 0.111. The Morgan fingerprint density at radius 1 is 0.775 bits per heavy atom. The predicted molar refractivity (Wildman–Crippen MR) is 156 cm³/mol. The van der Waals surface area contributed by atoms with Crippen molar-refractivity contribution in [1.29, 1.82) is 0 Å². The van der Waals surface area contributed by atoms with Crippen LogP contribution in [-0.2, 0) is 27.8 Å². The van der Waals surface area contributed by atoms with Gasteiger partial charge < -0.3 is 15.7 Å². The van der Waals surface area contributed by atoms with Crippen LogP contribution in [0, 0.1) is 0 Å². The number of urea groups is 1. The van der Waals surface area contributed by atoms with E-state index in [1.807, 2.05) is 48.5 Å². The highest BCUT2D eigenvalue weighted by atomic mass is 35.5. The van der Waals surface area contributed by atoms with Gasteiger partial charge in [-0.1, -0.05) is 96.0 Å². The minimum atomic E-state index is -4.31. The van der Waals surface area contributed by atoms with Crippen molar-refractivity contribution in [3.05, 3.63) is 118 Å². The number of carboxylic acid groups (broad SMARTS) is 1. The maximum atomic E-state index is 12.9. The van der Waals surface area contributed by atoms with E-state index in [4.69, 9.17) is 23.2 Å². The number of anilines is 1. The number of hydrogen-bond donors (Lipinski definition) is 4. The SMILES string of the molecule is O=C(NCc1ccccc1)Nc1cccc(-c2ccc(C[C@H](NS(=O)(=O)c3c(Cl)cccc3Cl)C(=O)O)cc2)c1. The van der Waals surface area contributed by atoms with E-state index >= 15 is 0 Å². The van der Waals surface area contributed by atoms with Crippen LogP contribution in [0.3, 0.4) is 0 Å². The largest absolute Gasteiger partial charge is 0.480 e. The second-order valence-electron chi connectivity index (χ2n) is 8.84. The number of rotatable bonds is 10. The van der Waals surface area contributed by atoms with Crippen molar-refractivity contribution in [3.8, 4) is 11.1 Å². The average Bonchev–Trinajstić information content (AvgIpc) is 2.92. The van der Waals surface area contributed by atoms with Crippen LogP contribution >= 0.6 is 23.2 Å². The zero-order chi connectivity index (χ0) is 28.7. The number of amides is 2. The summed E-state index contributed by atoms with van der Waals surface area (Å²) in [6.07, 6.45) is -0.111. The number of hydrogen-bond acceptors (Lipinski definition) is 4. The van der Waals surface area contributed by atoms with Gasteiger partial charge in [0.2, 0.25) is 10.0 Å². The molecule has 1 atom stereocenters. The van der Waals surface area contributed by atoms with Crippen molar-refractivity contribution in [1.82, 2.24) is 10.0 Å². The van der Waals surface area contributed by atoms with E-state index in [-0.39, 0.29) is 27.4 Å². The molecule has 0 aromatic heterocycles. The fraction of sp³-hybridized carbons (Fsp3) is 0.103. The lowest BCUT2D eigenvalue weighted by molar-refractivity contribution is -0.138. The lowest BCUT2D eigenvalue weighted by Gasteiger charge is -2.16. The molecule has 0 aliphatic heterocycles. The van der Waals surface area contributed by atoms with Crippen molar-refractivity contribution in [3.63, 3.8) is 0 Å². The summed E-state index contributed by atoms with van der Waals surface area (Å²) >= 11 is 12.0. The smallest absolute Gasteiger partial charge is 0.322 e. The molecule has 0 bridgehead atoms. The summed E-state index contributed by atoms with van der Waals surface area (Å²) in [6.45, 7) is 0.396. The number of nitrogens with one attached hydrogen (secondary N) is 3. The van der Waals surface area contributed by atoms with E-state index in [2.05, 4.69) is 15.4 Å². The van der Waals surface area contributed by atoms with Crippen LogP contribution in [0.15, 0.2) is 102 Å². The molecular weight excluding hydrogens is 573 g/mol. The summed E-state index contributed by atoms with van der Waals surface area (Å²) in [7, 11) is -4.31. The quantitative estimate of drug-likeness (QED) is 0.180. The van der Waals surface area contributed by atoms with Crippen LogP contribution in [0.25, 0.3) is 11.1 Å². The lowest BCUT2D eigenvalue weighted by atomic mass is 10.0. The maximum absolute atomic E-state index is 12.9. The Kier molecular flexibility index (Phi) is 9.44. The van der Waals surface area contributed by atoms with Crippen LogP contribution in [0.5, 0.6) is 0 Å². The minimum Gasteiger partial charge on any atom is -0.480 e. The molecule has 0 aliphatic rings. The zero-order valence-electron chi connectivity index (χ0n) is 21.0. The number of aliphatic carboxylic acids is 1. The second-order valence-corrected chi connectivity index (χ2v) is 11.3. The normalized spacial score (nSPS) is 11.9. The average molecular weight is 599 g/mol. The molecule has 0 spiro atoms. The topological polar surface area (TPSA) is 125 Å². The first-order valence-corrected chi connectivity index (χ1v) is 14.3. The molecule has 2 amide bonds. The third kappa shape index (κ3) is 7.61. The molecule has 0 heterocycles. The van der Waals surface area contributed by atoms with Gasteiger partial charge in [-0.2, -0.15) is 4.72 Å². The Balaban J connectivity index is 1.42. The highest BCUT2D eigenvalue weighted by Crippen LogP contribution is 2.29. The first kappa shape index (κ1) is 29.1. The Bertz CT molecular complexity index is 1590. The number of halogens is 2. The van der Waals surface area contributed by atoms with Gasteiger partial charge in [-0.15, -0.1) is 0 Å². The van der Waals surface area contributed by atoms with E-state index < -0.39 is 22.0 Å². The summed E-state index contributed by atoms with van der Waals surface area (Å²) < 4.78 is 27.9. The standard InChI is InChI=1S/C29H25Cl2N3O5S/c30-24-10-5-11-25(31)27(24)40(38,39)34-26(28(35)36)16-19-12-14-21(15-13-19)22-8-4-9-23(17-22)33-29(37)32-18-20-6-2-1-3-7-20/h1-15,17,26,34H,16,18H2,(H,35,36)(H2,32,33,37)/t26-/m0/s1. The van der Waals surface area contributed by atoms with Crippen LogP contribution in [-0.4, -0.2) is 31.6 Å². The number of sulfonamides is 1.